The van der Waals surface area contributed by atoms with Crippen LogP contribution in [0.5, 0.6) is 0 Å². The molecule has 1 unspecified atom stereocenters. The van der Waals surface area contributed by atoms with Crippen molar-refractivity contribution in [3.8, 4) is 22.5 Å². The van der Waals surface area contributed by atoms with E-state index in [0.717, 1.165) is 35.1 Å². The number of aromatic amines is 1. The summed E-state index contributed by atoms with van der Waals surface area (Å²) in [6.45, 7) is 2.60. The molecule has 1 atom stereocenters. The van der Waals surface area contributed by atoms with Gasteiger partial charge in [0.1, 0.15) is 6.17 Å². The molecule has 0 spiro atoms. The summed E-state index contributed by atoms with van der Waals surface area (Å²) in [6, 6.07) is 16.2. The molecule has 1 N–H and O–H groups in total. The number of rotatable bonds is 6. The van der Waals surface area contributed by atoms with Gasteiger partial charge < -0.3 is 4.90 Å². The number of amides is 1. The Morgan fingerprint density at radius 2 is 1.87 bits per heavy atom. The van der Waals surface area contributed by atoms with Crippen LogP contribution >= 0.6 is 0 Å². The lowest BCUT2D eigenvalue weighted by Gasteiger charge is -2.33. The second-order valence-corrected chi connectivity index (χ2v) is 7.49. The summed E-state index contributed by atoms with van der Waals surface area (Å²) in [5.41, 5.74) is 5.16. The highest BCUT2D eigenvalue weighted by atomic mass is 16.2. The molecule has 0 saturated carbocycles. The molecule has 0 aliphatic carbocycles. The smallest absolute Gasteiger partial charge is 0.276 e. The van der Waals surface area contributed by atoms with E-state index in [4.69, 9.17) is 4.99 Å². The Morgan fingerprint density at radius 3 is 2.61 bits per heavy atom. The van der Waals surface area contributed by atoms with Crippen molar-refractivity contribution in [2.45, 2.75) is 32.5 Å². The Kier molecular flexibility index (Phi) is 4.95. The maximum Gasteiger partial charge on any atom is 0.276 e. The van der Waals surface area contributed by atoms with Crippen LogP contribution in [0, 0.1) is 0 Å². The fourth-order valence-electron chi connectivity index (χ4n) is 3.95. The van der Waals surface area contributed by atoms with Crippen LogP contribution in [0.25, 0.3) is 22.5 Å². The van der Waals surface area contributed by atoms with Crippen LogP contribution in [0.2, 0.25) is 0 Å². The summed E-state index contributed by atoms with van der Waals surface area (Å²) in [5, 5.41) is 14.4. The Bertz CT molecular complexity index is 1190. The van der Waals surface area contributed by atoms with E-state index in [9.17, 15) is 4.79 Å². The molecule has 31 heavy (non-hydrogen) atoms. The molecule has 2 aromatic carbocycles. The highest BCUT2D eigenvalue weighted by Gasteiger charge is 2.34. The molecule has 1 amide bonds. The molecule has 0 radical (unpaired) electrons. The van der Waals surface area contributed by atoms with Gasteiger partial charge >= 0.3 is 0 Å². The molecule has 0 saturated heterocycles. The van der Waals surface area contributed by atoms with Crippen molar-refractivity contribution in [3.63, 3.8) is 0 Å². The van der Waals surface area contributed by atoms with Crippen molar-refractivity contribution in [2.75, 3.05) is 0 Å². The standard InChI is InChI=1S/C23H21N7O/c1-2-5-20-25-19-12-13-24-21(19)23(31)30(20)14-15-8-10-16(11-9-15)17-6-3-4-7-18(17)22-26-28-29-27-22/h3-4,6-13,20H,2,5,14H2,1H3,(H,26,27,28,29). The Hall–Kier alpha value is -3.94. The molecule has 8 heteroatoms. The van der Waals surface area contributed by atoms with Crippen molar-refractivity contribution < 1.29 is 4.79 Å². The number of H-pyrrole nitrogens is 1. The van der Waals surface area contributed by atoms with Crippen LogP contribution in [0.15, 0.2) is 70.8 Å². The summed E-state index contributed by atoms with van der Waals surface area (Å²) < 4.78 is 0. The molecular weight excluding hydrogens is 390 g/mol. The number of aliphatic imine (C=N–C) groups is 2. The topological polar surface area (TPSA) is 99.5 Å². The van der Waals surface area contributed by atoms with Crippen LogP contribution in [0.4, 0.5) is 0 Å². The highest BCUT2D eigenvalue weighted by Crippen LogP contribution is 2.30. The Morgan fingerprint density at radius 1 is 1.06 bits per heavy atom. The molecule has 3 aromatic rings. The van der Waals surface area contributed by atoms with E-state index < -0.39 is 0 Å². The predicted molar refractivity (Wildman–Crippen MR) is 118 cm³/mol. The number of fused-ring (bicyclic) bond motifs is 1. The molecule has 154 valence electrons. The minimum absolute atomic E-state index is 0.0556. The summed E-state index contributed by atoms with van der Waals surface area (Å²) in [6.07, 6.45) is 5.07. The van der Waals surface area contributed by atoms with Gasteiger partial charge in [-0.1, -0.05) is 61.9 Å². The van der Waals surface area contributed by atoms with E-state index >= 15 is 0 Å². The quantitative estimate of drug-likeness (QED) is 0.672. The van der Waals surface area contributed by atoms with E-state index in [2.05, 4.69) is 44.7 Å². The van der Waals surface area contributed by atoms with E-state index in [1.165, 1.54) is 0 Å². The number of carbonyl (C=O) groups is 1. The van der Waals surface area contributed by atoms with Gasteiger partial charge in [-0.05, 0) is 34.4 Å². The van der Waals surface area contributed by atoms with Gasteiger partial charge in [-0.3, -0.25) is 9.79 Å². The average Bonchev–Trinajstić information content (AvgIpc) is 3.49. The first kappa shape index (κ1) is 19.0. The molecule has 1 aromatic heterocycles. The van der Waals surface area contributed by atoms with E-state index in [-0.39, 0.29) is 12.1 Å². The molecule has 2 aliphatic rings. The normalized spacial score (nSPS) is 17.5. The Labute approximate surface area is 179 Å². The van der Waals surface area contributed by atoms with Gasteiger partial charge in [0.05, 0.1) is 5.71 Å². The first-order valence-corrected chi connectivity index (χ1v) is 10.3. The van der Waals surface area contributed by atoms with E-state index in [0.29, 0.717) is 23.8 Å². The Balaban J connectivity index is 1.41. The fourth-order valence-corrected chi connectivity index (χ4v) is 3.95. The number of nitrogens with zero attached hydrogens (tertiary/aromatic N) is 6. The van der Waals surface area contributed by atoms with Gasteiger partial charge in [-0.15, -0.1) is 10.2 Å². The van der Waals surface area contributed by atoms with Crippen molar-refractivity contribution in [1.82, 2.24) is 25.5 Å². The lowest BCUT2D eigenvalue weighted by molar-refractivity contribution is -0.127. The van der Waals surface area contributed by atoms with Crippen molar-refractivity contribution >= 4 is 17.3 Å². The van der Waals surface area contributed by atoms with Gasteiger partial charge in [0.2, 0.25) is 5.82 Å². The number of tetrazole rings is 1. The SMILES string of the molecule is CCCC1N=C2C=CN=C2C(=O)N1Cc1ccc(-c2ccccc2-c2nn[nH]n2)cc1. The first-order valence-electron chi connectivity index (χ1n) is 10.3. The minimum Gasteiger partial charge on any atom is -0.311 e. The highest BCUT2D eigenvalue weighted by molar-refractivity contribution is 6.70. The van der Waals surface area contributed by atoms with Gasteiger partial charge in [-0.25, -0.2) is 4.99 Å². The van der Waals surface area contributed by atoms with Crippen molar-refractivity contribution in [3.05, 3.63) is 66.4 Å². The summed E-state index contributed by atoms with van der Waals surface area (Å²) >= 11 is 0. The van der Waals surface area contributed by atoms with Crippen molar-refractivity contribution in [2.24, 2.45) is 9.98 Å². The number of carbonyl (C=O) groups excluding carboxylic acids is 1. The van der Waals surface area contributed by atoms with Crippen molar-refractivity contribution in [1.29, 1.82) is 0 Å². The number of aromatic nitrogens is 4. The lowest BCUT2D eigenvalue weighted by atomic mass is 9.98. The van der Waals surface area contributed by atoms with Crippen LogP contribution in [-0.4, -0.2) is 49.0 Å². The van der Waals surface area contributed by atoms with Gasteiger partial charge in [0, 0.05) is 18.3 Å². The second kappa shape index (κ2) is 8.06. The third-order valence-electron chi connectivity index (χ3n) is 5.47. The third kappa shape index (κ3) is 3.56. The number of hydrogen-bond acceptors (Lipinski definition) is 6. The zero-order chi connectivity index (χ0) is 21.2. The summed E-state index contributed by atoms with van der Waals surface area (Å²) in [4.78, 5) is 23.8. The van der Waals surface area contributed by atoms with Gasteiger partial charge in [0.25, 0.3) is 5.91 Å². The monoisotopic (exact) mass is 411 g/mol. The van der Waals surface area contributed by atoms with Gasteiger partial charge in [0.15, 0.2) is 5.71 Å². The number of allylic oxidation sites excluding steroid dienone is 1. The van der Waals surface area contributed by atoms with Crippen LogP contribution in [-0.2, 0) is 11.3 Å². The van der Waals surface area contributed by atoms with Crippen LogP contribution in [0.1, 0.15) is 25.3 Å². The first-order chi connectivity index (χ1) is 15.2. The van der Waals surface area contributed by atoms with E-state index in [1.807, 2.05) is 47.4 Å². The molecule has 8 nitrogen and oxygen atoms in total. The second-order valence-electron chi connectivity index (χ2n) is 7.49. The molecular formula is C23H21N7O. The zero-order valence-electron chi connectivity index (χ0n) is 17.1. The van der Waals surface area contributed by atoms with Gasteiger partial charge in [-0.2, -0.15) is 5.21 Å². The minimum atomic E-state index is -0.159. The molecule has 0 fully saturated rings. The largest absolute Gasteiger partial charge is 0.311 e. The maximum atomic E-state index is 13.0. The lowest BCUT2D eigenvalue weighted by Crippen LogP contribution is -2.48. The maximum absolute atomic E-state index is 13.0. The number of benzene rings is 2. The molecule has 0 bridgehead atoms. The van der Waals surface area contributed by atoms with Crippen LogP contribution < -0.4 is 0 Å². The third-order valence-corrected chi connectivity index (χ3v) is 5.47. The average molecular weight is 411 g/mol. The molecule has 2 aliphatic heterocycles. The zero-order valence-corrected chi connectivity index (χ0v) is 17.1. The molecule has 3 heterocycles. The summed E-state index contributed by atoms with van der Waals surface area (Å²) in [7, 11) is 0. The summed E-state index contributed by atoms with van der Waals surface area (Å²) in [5.74, 6) is 0.501. The number of nitrogens with one attached hydrogen (secondary N) is 1. The fraction of sp³-hybridized carbons (Fsp3) is 0.217. The molecule has 5 rings (SSSR count). The van der Waals surface area contributed by atoms with Crippen LogP contribution in [0.3, 0.4) is 0 Å². The number of hydrogen-bond donors (Lipinski definition) is 1. The van der Waals surface area contributed by atoms with E-state index in [1.54, 1.807) is 6.20 Å². The predicted octanol–water partition coefficient (Wildman–Crippen LogP) is 3.41.